The quantitative estimate of drug-likeness (QED) is 0.778. The average Bonchev–Trinajstić information content (AvgIpc) is 2.49. The van der Waals surface area contributed by atoms with Crippen molar-refractivity contribution in [2.24, 2.45) is 0 Å². The monoisotopic (exact) mass is 319 g/mol. The highest BCUT2D eigenvalue weighted by Gasteiger charge is 2.04. The molecule has 0 saturated carbocycles. The Labute approximate surface area is 137 Å². The fourth-order valence-electron chi connectivity index (χ4n) is 2.13. The maximum absolute atomic E-state index is 6.01. The summed E-state index contributed by atoms with van der Waals surface area (Å²) in [6.07, 6.45) is 0. The van der Waals surface area contributed by atoms with Crippen molar-refractivity contribution in [1.82, 2.24) is 5.32 Å². The first-order valence-electron chi connectivity index (χ1n) is 7.36. The second-order valence-electron chi connectivity index (χ2n) is 5.23. The first-order chi connectivity index (χ1) is 10.6. The van der Waals surface area contributed by atoms with Gasteiger partial charge in [0, 0.05) is 17.1 Å². The molecule has 1 N–H and O–H groups in total. The minimum atomic E-state index is 0.491. The molecule has 2 aromatic carbocycles. The van der Waals surface area contributed by atoms with Crippen LogP contribution in [0.4, 0.5) is 0 Å². The molecule has 2 rings (SSSR count). The molecule has 0 saturated heterocycles. The highest BCUT2D eigenvalue weighted by Crippen LogP contribution is 2.23. The number of rotatable bonds is 7. The Kier molecular flexibility index (Phi) is 6.10. The number of nitrogens with one attached hydrogen (secondary N) is 1. The van der Waals surface area contributed by atoms with Crippen LogP contribution in [0.2, 0.25) is 5.02 Å². The molecule has 0 aliphatic heterocycles. The number of halogens is 1. The molecule has 0 spiro atoms. The Balaban J connectivity index is 1.87. The Morgan fingerprint density at radius 1 is 0.955 bits per heavy atom. The molecule has 2 aromatic rings. The molecule has 0 fully saturated rings. The van der Waals surface area contributed by atoms with Gasteiger partial charge in [0.1, 0.15) is 24.7 Å². The molecule has 0 aromatic heterocycles. The van der Waals surface area contributed by atoms with E-state index in [2.05, 4.69) is 25.2 Å². The van der Waals surface area contributed by atoms with Crippen LogP contribution in [0.15, 0.2) is 36.4 Å². The van der Waals surface area contributed by atoms with E-state index in [0.29, 0.717) is 24.8 Å². The van der Waals surface area contributed by atoms with Crippen molar-refractivity contribution in [3.05, 3.63) is 58.1 Å². The van der Waals surface area contributed by atoms with Crippen LogP contribution in [0.3, 0.4) is 0 Å². The number of aryl methyl sites for hydroxylation is 2. The Morgan fingerprint density at radius 2 is 1.73 bits per heavy atom. The summed E-state index contributed by atoms with van der Waals surface area (Å²) in [5, 5.41) is 3.82. The summed E-state index contributed by atoms with van der Waals surface area (Å²) in [5.41, 5.74) is 3.54. The van der Waals surface area contributed by atoms with Crippen LogP contribution in [-0.2, 0) is 6.54 Å². The lowest BCUT2D eigenvalue weighted by Gasteiger charge is -2.13. The van der Waals surface area contributed by atoms with Gasteiger partial charge in [-0.3, -0.25) is 0 Å². The van der Waals surface area contributed by atoms with Gasteiger partial charge in [0.2, 0.25) is 0 Å². The second-order valence-corrected chi connectivity index (χ2v) is 5.66. The Bertz CT molecular complexity index is 628. The summed E-state index contributed by atoms with van der Waals surface area (Å²) in [6.45, 7) is 5.88. The van der Waals surface area contributed by atoms with Gasteiger partial charge in [-0.05, 0) is 62.4 Å². The topological polar surface area (TPSA) is 30.5 Å². The molecule has 4 heteroatoms. The van der Waals surface area contributed by atoms with Crippen LogP contribution in [0.5, 0.6) is 11.5 Å². The van der Waals surface area contributed by atoms with E-state index >= 15 is 0 Å². The molecule has 0 radical (unpaired) electrons. The van der Waals surface area contributed by atoms with E-state index in [1.54, 1.807) is 0 Å². The van der Waals surface area contributed by atoms with Crippen LogP contribution in [0.25, 0.3) is 0 Å². The largest absolute Gasteiger partial charge is 0.490 e. The van der Waals surface area contributed by atoms with Gasteiger partial charge in [-0.25, -0.2) is 0 Å². The molecular weight excluding hydrogens is 298 g/mol. The fraction of sp³-hybridized carbons (Fsp3) is 0.333. The van der Waals surface area contributed by atoms with Crippen LogP contribution >= 0.6 is 11.6 Å². The molecule has 0 amide bonds. The van der Waals surface area contributed by atoms with E-state index in [4.69, 9.17) is 21.1 Å². The lowest BCUT2D eigenvalue weighted by Crippen LogP contribution is -2.12. The third-order valence-corrected chi connectivity index (χ3v) is 3.71. The first-order valence-corrected chi connectivity index (χ1v) is 7.74. The lowest BCUT2D eigenvalue weighted by molar-refractivity contribution is 0.215. The van der Waals surface area contributed by atoms with Crippen molar-refractivity contribution in [3.63, 3.8) is 0 Å². The van der Waals surface area contributed by atoms with Crippen LogP contribution in [0, 0.1) is 13.8 Å². The molecular formula is C18H22ClNO2. The molecule has 0 aliphatic rings. The highest BCUT2D eigenvalue weighted by molar-refractivity contribution is 6.30. The van der Waals surface area contributed by atoms with Gasteiger partial charge >= 0.3 is 0 Å². The molecule has 0 bridgehead atoms. The number of hydrogen-bond donors (Lipinski definition) is 1. The number of ether oxygens (including phenoxy) is 2. The summed E-state index contributed by atoms with van der Waals surface area (Å²) in [4.78, 5) is 0. The minimum Gasteiger partial charge on any atom is -0.490 e. The van der Waals surface area contributed by atoms with Crippen LogP contribution < -0.4 is 14.8 Å². The van der Waals surface area contributed by atoms with Crippen molar-refractivity contribution >= 4 is 11.6 Å². The lowest BCUT2D eigenvalue weighted by atomic mass is 10.1. The fourth-order valence-corrected chi connectivity index (χ4v) is 2.33. The zero-order valence-corrected chi connectivity index (χ0v) is 14.0. The van der Waals surface area contributed by atoms with Gasteiger partial charge in [0.15, 0.2) is 0 Å². The van der Waals surface area contributed by atoms with E-state index < -0.39 is 0 Å². The number of benzene rings is 2. The van der Waals surface area contributed by atoms with Crippen LogP contribution in [0.1, 0.15) is 16.7 Å². The highest BCUT2D eigenvalue weighted by atomic mass is 35.5. The summed E-state index contributed by atoms with van der Waals surface area (Å²) in [7, 11) is 1.90. The van der Waals surface area contributed by atoms with E-state index in [1.807, 2.05) is 37.4 Å². The smallest absolute Gasteiger partial charge is 0.124 e. The SMILES string of the molecule is CNCc1cc(Cl)ccc1OCCOc1ccc(C)c(C)c1. The summed E-state index contributed by atoms with van der Waals surface area (Å²) in [6, 6.07) is 11.7. The molecule has 118 valence electrons. The van der Waals surface area contributed by atoms with Gasteiger partial charge in [0.05, 0.1) is 0 Å². The number of hydrogen-bond acceptors (Lipinski definition) is 3. The predicted octanol–water partition coefficient (Wildman–Crippen LogP) is 4.13. The molecule has 0 atom stereocenters. The third-order valence-electron chi connectivity index (χ3n) is 3.48. The van der Waals surface area contributed by atoms with E-state index in [0.717, 1.165) is 17.1 Å². The molecule has 3 nitrogen and oxygen atoms in total. The second kappa shape index (κ2) is 8.06. The summed E-state index contributed by atoms with van der Waals surface area (Å²) in [5.74, 6) is 1.71. The third kappa shape index (κ3) is 4.65. The summed E-state index contributed by atoms with van der Waals surface area (Å²) < 4.78 is 11.5. The van der Waals surface area contributed by atoms with Crippen molar-refractivity contribution in [1.29, 1.82) is 0 Å². The van der Waals surface area contributed by atoms with Gasteiger partial charge < -0.3 is 14.8 Å². The van der Waals surface area contributed by atoms with E-state index in [9.17, 15) is 0 Å². The van der Waals surface area contributed by atoms with Crippen molar-refractivity contribution in [2.75, 3.05) is 20.3 Å². The molecule has 22 heavy (non-hydrogen) atoms. The normalized spacial score (nSPS) is 10.5. The Morgan fingerprint density at radius 3 is 2.45 bits per heavy atom. The van der Waals surface area contributed by atoms with Crippen molar-refractivity contribution < 1.29 is 9.47 Å². The Hall–Kier alpha value is -1.71. The van der Waals surface area contributed by atoms with Crippen molar-refractivity contribution in [2.45, 2.75) is 20.4 Å². The summed E-state index contributed by atoms with van der Waals surface area (Å²) >= 11 is 6.01. The van der Waals surface area contributed by atoms with Gasteiger partial charge in [0.25, 0.3) is 0 Å². The maximum Gasteiger partial charge on any atom is 0.124 e. The first kappa shape index (κ1) is 16.7. The van der Waals surface area contributed by atoms with E-state index in [-0.39, 0.29) is 0 Å². The molecule has 0 heterocycles. The molecule has 0 aliphatic carbocycles. The zero-order chi connectivity index (χ0) is 15.9. The van der Waals surface area contributed by atoms with Crippen LogP contribution in [-0.4, -0.2) is 20.3 Å². The van der Waals surface area contributed by atoms with Gasteiger partial charge in [-0.1, -0.05) is 17.7 Å². The van der Waals surface area contributed by atoms with Crippen molar-refractivity contribution in [3.8, 4) is 11.5 Å². The zero-order valence-electron chi connectivity index (χ0n) is 13.3. The standard InChI is InChI=1S/C18H22ClNO2/c1-13-4-6-17(10-14(13)2)21-8-9-22-18-7-5-16(19)11-15(18)12-20-3/h4-7,10-11,20H,8-9,12H2,1-3H3. The maximum atomic E-state index is 6.01. The molecule has 0 unspecified atom stereocenters. The minimum absolute atomic E-state index is 0.491. The van der Waals surface area contributed by atoms with Gasteiger partial charge in [-0.15, -0.1) is 0 Å². The predicted molar refractivity (Wildman–Crippen MR) is 91.1 cm³/mol. The average molecular weight is 320 g/mol. The van der Waals surface area contributed by atoms with E-state index in [1.165, 1.54) is 11.1 Å². The van der Waals surface area contributed by atoms with Gasteiger partial charge in [-0.2, -0.15) is 0 Å².